The Balaban J connectivity index is 1.71. The number of carbonyl (C=O) groups is 1. The topological polar surface area (TPSA) is 61.2 Å². The predicted octanol–water partition coefficient (Wildman–Crippen LogP) is 1.24. The van der Waals surface area contributed by atoms with Crippen LogP contribution in [-0.4, -0.2) is 46.9 Å². The van der Waals surface area contributed by atoms with Crippen molar-refractivity contribution in [2.24, 2.45) is 0 Å². The van der Waals surface area contributed by atoms with Crippen LogP contribution in [0.1, 0.15) is 0 Å². The Bertz CT molecular complexity index is 673. The van der Waals surface area contributed by atoms with E-state index in [1.807, 2.05) is 49.5 Å². The summed E-state index contributed by atoms with van der Waals surface area (Å²) < 4.78 is 15.9. The maximum Gasteiger partial charge on any atom is 0.279 e. The molecule has 0 bridgehead atoms. The molecular weight excluding hydrogens is 320 g/mol. The highest BCUT2D eigenvalue weighted by atomic mass is 16.5. The molecule has 1 atom stereocenters. The van der Waals surface area contributed by atoms with Crippen LogP contribution < -0.4 is 24.4 Å². The van der Waals surface area contributed by atoms with Gasteiger partial charge in [-0.3, -0.25) is 4.79 Å². The number of likely N-dealkylation sites (N-methyl/N-ethyl adjacent to an activating group) is 1. The van der Waals surface area contributed by atoms with Crippen LogP contribution >= 0.6 is 0 Å². The van der Waals surface area contributed by atoms with Gasteiger partial charge in [0.2, 0.25) is 0 Å². The molecule has 2 N–H and O–H groups in total. The van der Waals surface area contributed by atoms with Gasteiger partial charge in [0.1, 0.15) is 30.4 Å². The molecule has 0 saturated carbocycles. The van der Waals surface area contributed by atoms with Crippen molar-refractivity contribution >= 4 is 11.6 Å². The number of ether oxygens (including phenoxy) is 3. The van der Waals surface area contributed by atoms with Crippen LogP contribution in [0.15, 0.2) is 48.5 Å². The molecule has 2 aromatic carbocycles. The van der Waals surface area contributed by atoms with Gasteiger partial charge in [0, 0.05) is 11.8 Å². The van der Waals surface area contributed by atoms with E-state index in [9.17, 15) is 4.79 Å². The van der Waals surface area contributed by atoms with Crippen LogP contribution in [0.2, 0.25) is 0 Å². The molecule has 0 aliphatic rings. The van der Waals surface area contributed by atoms with E-state index in [1.54, 1.807) is 20.3 Å². The van der Waals surface area contributed by atoms with Gasteiger partial charge in [0.05, 0.1) is 21.3 Å². The zero-order valence-corrected chi connectivity index (χ0v) is 14.9. The van der Waals surface area contributed by atoms with Crippen molar-refractivity contribution in [3.63, 3.8) is 0 Å². The fraction of sp³-hybridized carbons (Fsp3) is 0.316. The largest absolute Gasteiger partial charge is 0.497 e. The van der Waals surface area contributed by atoms with Crippen LogP contribution in [0.3, 0.4) is 0 Å². The fourth-order valence-corrected chi connectivity index (χ4v) is 2.28. The quantitative estimate of drug-likeness (QED) is 0.718. The number of quaternary nitrogens is 1. The minimum absolute atomic E-state index is 0.0461. The number of hydrogen-bond acceptors (Lipinski definition) is 4. The van der Waals surface area contributed by atoms with Gasteiger partial charge in [0.25, 0.3) is 5.91 Å². The average Bonchev–Trinajstić information content (AvgIpc) is 2.62. The highest BCUT2D eigenvalue weighted by Gasteiger charge is 2.10. The Hall–Kier alpha value is -2.73. The monoisotopic (exact) mass is 345 g/mol. The number of nitrogens with one attached hydrogen (secondary N) is 2. The van der Waals surface area contributed by atoms with E-state index in [0.29, 0.717) is 18.9 Å². The molecule has 0 heterocycles. The molecule has 0 aromatic heterocycles. The van der Waals surface area contributed by atoms with E-state index in [1.165, 1.54) is 0 Å². The number of hydrogen-bond donors (Lipinski definition) is 2. The molecule has 134 valence electrons. The molecule has 0 spiro atoms. The molecule has 0 aliphatic heterocycles. The first-order valence-electron chi connectivity index (χ1n) is 8.13. The van der Waals surface area contributed by atoms with E-state index in [0.717, 1.165) is 28.6 Å². The second kappa shape index (κ2) is 9.54. The molecular formula is C19H25N2O4+. The highest BCUT2D eigenvalue weighted by molar-refractivity contribution is 5.91. The Kier molecular flexibility index (Phi) is 7.10. The van der Waals surface area contributed by atoms with Gasteiger partial charge >= 0.3 is 0 Å². The zero-order chi connectivity index (χ0) is 18.1. The second-order valence-electron chi connectivity index (χ2n) is 5.69. The first-order valence-corrected chi connectivity index (χ1v) is 8.13. The summed E-state index contributed by atoms with van der Waals surface area (Å²) in [7, 11) is 5.19. The van der Waals surface area contributed by atoms with Crippen LogP contribution in [0.5, 0.6) is 17.2 Å². The lowest BCUT2D eigenvalue weighted by Crippen LogP contribution is -3.10. The first-order chi connectivity index (χ1) is 12.1. The van der Waals surface area contributed by atoms with Crippen molar-refractivity contribution in [2.75, 3.05) is 46.3 Å². The lowest BCUT2D eigenvalue weighted by molar-refractivity contribution is -0.871. The van der Waals surface area contributed by atoms with Crippen molar-refractivity contribution in [3.8, 4) is 17.2 Å². The summed E-state index contributed by atoms with van der Waals surface area (Å²) in [6, 6.07) is 14.7. The van der Waals surface area contributed by atoms with Crippen molar-refractivity contribution in [1.82, 2.24) is 0 Å². The van der Waals surface area contributed by atoms with Gasteiger partial charge in [-0.25, -0.2) is 0 Å². The fourth-order valence-electron chi connectivity index (χ4n) is 2.28. The molecule has 1 amide bonds. The first kappa shape index (κ1) is 18.6. The van der Waals surface area contributed by atoms with E-state index < -0.39 is 0 Å². The minimum atomic E-state index is -0.0461. The lowest BCUT2D eigenvalue weighted by Gasteiger charge is -2.14. The number of rotatable bonds is 9. The van der Waals surface area contributed by atoms with Gasteiger partial charge in [-0.15, -0.1) is 0 Å². The third kappa shape index (κ3) is 6.35. The van der Waals surface area contributed by atoms with Crippen LogP contribution in [0, 0.1) is 0 Å². The summed E-state index contributed by atoms with van der Waals surface area (Å²) in [6.07, 6.45) is 0. The molecule has 0 saturated heterocycles. The average molecular weight is 345 g/mol. The zero-order valence-electron chi connectivity index (χ0n) is 14.9. The molecule has 2 aromatic rings. The Morgan fingerprint density at radius 2 is 1.68 bits per heavy atom. The van der Waals surface area contributed by atoms with Crippen LogP contribution in [-0.2, 0) is 4.79 Å². The number of anilines is 1. The van der Waals surface area contributed by atoms with Crippen LogP contribution in [0.25, 0.3) is 0 Å². The van der Waals surface area contributed by atoms with Crippen molar-refractivity contribution in [1.29, 1.82) is 0 Å². The Morgan fingerprint density at radius 1 is 1.00 bits per heavy atom. The maximum absolute atomic E-state index is 12.1. The molecule has 25 heavy (non-hydrogen) atoms. The molecule has 6 nitrogen and oxygen atoms in total. The smallest absolute Gasteiger partial charge is 0.279 e. The van der Waals surface area contributed by atoms with Gasteiger partial charge < -0.3 is 24.4 Å². The Morgan fingerprint density at radius 3 is 2.36 bits per heavy atom. The minimum Gasteiger partial charge on any atom is -0.497 e. The van der Waals surface area contributed by atoms with Gasteiger partial charge in [0.15, 0.2) is 6.54 Å². The number of carbonyl (C=O) groups excluding carboxylic acids is 1. The number of benzene rings is 2. The summed E-state index contributed by atoms with van der Waals surface area (Å²) in [4.78, 5) is 13.2. The molecule has 0 fully saturated rings. The van der Waals surface area contributed by atoms with Gasteiger partial charge in [-0.1, -0.05) is 6.07 Å². The SMILES string of the molecule is COc1ccc(OCC[NH+](C)CC(=O)Nc2cccc(OC)c2)cc1. The standard InChI is InChI=1S/C19H24N2O4/c1-21(11-12-25-17-9-7-16(23-2)8-10-17)14-19(22)20-15-5-4-6-18(13-15)24-3/h4-10,13H,11-12,14H2,1-3H3,(H,20,22)/p+1. The summed E-state index contributed by atoms with van der Waals surface area (Å²) in [5.41, 5.74) is 0.728. The highest BCUT2D eigenvalue weighted by Crippen LogP contribution is 2.17. The molecule has 0 aliphatic carbocycles. The predicted molar refractivity (Wildman–Crippen MR) is 96.7 cm³/mol. The molecule has 1 unspecified atom stereocenters. The molecule has 6 heteroatoms. The summed E-state index contributed by atoms with van der Waals surface area (Å²) >= 11 is 0. The molecule has 2 rings (SSSR count). The van der Waals surface area contributed by atoms with Gasteiger partial charge in [-0.05, 0) is 36.4 Å². The summed E-state index contributed by atoms with van der Waals surface area (Å²) in [5.74, 6) is 2.25. The number of amides is 1. The van der Waals surface area contributed by atoms with Crippen LogP contribution in [0.4, 0.5) is 5.69 Å². The third-order valence-electron chi connectivity index (χ3n) is 3.67. The van der Waals surface area contributed by atoms with E-state index >= 15 is 0 Å². The number of methoxy groups -OCH3 is 2. The third-order valence-corrected chi connectivity index (χ3v) is 3.67. The van der Waals surface area contributed by atoms with E-state index in [4.69, 9.17) is 14.2 Å². The molecule has 0 radical (unpaired) electrons. The van der Waals surface area contributed by atoms with Crippen molar-refractivity contribution < 1.29 is 23.9 Å². The lowest BCUT2D eigenvalue weighted by atomic mass is 10.3. The van der Waals surface area contributed by atoms with Crippen molar-refractivity contribution in [3.05, 3.63) is 48.5 Å². The Labute approximate surface area is 148 Å². The normalized spacial score (nSPS) is 11.5. The van der Waals surface area contributed by atoms with E-state index in [2.05, 4.69) is 5.32 Å². The summed E-state index contributed by atoms with van der Waals surface area (Å²) in [5, 5.41) is 2.87. The second-order valence-corrected chi connectivity index (χ2v) is 5.69. The maximum atomic E-state index is 12.1. The van der Waals surface area contributed by atoms with Crippen molar-refractivity contribution in [2.45, 2.75) is 0 Å². The summed E-state index contributed by atoms with van der Waals surface area (Å²) in [6.45, 7) is 1.62. The van der Waals surface area contributed by atoms with E-state index in [-0.39, 0.29) is 5.91 Å². The van der Waals surface area contributed by atoms with Gasteiger partial charge in [-0.2, -0.15) is 0 Å².